The van der Waals surface area contributed by atoms with E-state index >= 15 is 0 Å². The molecule has 7 heteroatoms. The van der Waals surface area contributed by atoms with Gasteiger partial charge >= 0.3 is 0 Å². The molecule has 0 spiro atoms. The van der Waals surface area contributed by atoms with Crippen molar-refractivity contribution in [3.05, 3.63) is 59.4 Å². The summed E-state index contributed by atoms with van der Waals surface area (Å²) in [5, 5.41) is 5.66. The van der Waals surface area contributed by atoms with Crippen molar-refractivity contribution in [2.45, 2.75) is 6.42 Å². The second kappa shape index (κ2) is 10.3. The standard InChI is InChI=1S/C20H26N4O3/c1-24(2)10-9-23-20(26)17-12-16(13-21-14-17)19(25)22-8-7-15-5-4-6-18(11-15)27-3/h4-6,11-14H,7-10H2,1-3H3,(H,22,25)(H,23,26). The first kappa shape index (κ1) is 20.4. The fourth-order valence-corrected chi connectivity index (χ4v) is 2.43. The van der Waals surface area contributed by atoms with Gasteiger partial charge in [-0.2, -0.15) is 0 Å². The summed E-state index contributed by atoms with van der Waals surface area (Å²) in [5.41, 5.74) is 1.80. The molecule has 2 amide bonds. The van der Waals surface area contributed by atoms with E-state index in [0.29, 0.717) is 30.6 Å². The molecule has 0 aliphatic rings. The quantitative estimate of drug-likeness (QED) is 0.696. The summed E-state index contributed by atoms with van der Waals surface area (Å²) >= 11 is 0. The molecule has 0 saturated heterocycles. The van der Waals surface area contributed by atoms with Gasteiger partial charge in [-0.1, -0.05) is 12.1 Å². The van der Waals surface area contributed by atoms with Crippen molar-refractivity contribution >= 4 is 11.8 Å². The summed E-state index contributed by atoms with van der Waals surface area (Å²) in [6, 6.07) is 9.27. The molecule has 0 radical (unpaired) electrons. The Balaban J connectivity index is 1.87. The Hall–Kier alpha value is -2.93. The molecule has 2 rings (SSSR count). The summed E-state index contributed by atoms with van der Waals surface area (Å²) in [7, 11) is 5.49. The van der Waals surface area contributed by atoms with Crippen LogP contribution in [0.4, 0.5) is 0 Å². The summed E-state index contributed by atoms with van der Waals surface area (Å²) in [4.78, 5) is 30.5. The van der Waals surface area contributed by atoms with Gasteiger partial charge in [0.05, 0.1) is 18.2 Å². The lowest BCUT2D eigenvalue weighted by Crippen LogP contribution is -2.31. The van der Waals surface area contributed by atoms with Crippen molar-refractivity contribution in [3.63, 3.8) is 0 Å². The van der Waals surface area contributed by atoms with Crippen LogP contribution in [0.5, 0.6) is 5.75 Å². The van der Waals surface area contributed by atoms with Crippen LogP contribution in [0.1, 0.15) is 26.3 Å². The Morgan fingerprint density at radius 1 is 1.04 bits per heavy atom. The van der Waals surface area contributed by atoms with Gasteiger partial charge in [0.15, 0.2) is 0 Å². The third-order valence-electron chi connectivity index (χ3n) is 3.94. The Bertz CT molecular complexity index is 777. The SMILES string of the molecule is COc1cccc(CCNC(=O)c2cncc(C(=O)NCCN(C)C)c2)c1. The van der Waals surface area contributed by atoms with Crippen molar-refractivity contribution in [3.8, 4) is 5.75 Å². The highest BCUT2D eigenvalue weighted by molar-refractivity contribution is 5.99. The van der Waals surface area contributed by atoms with Gasteiger partial charge in [0, 0.05) is 32.0 Å². The Morgan fingerprint density at radius 3 is 2.33 bits per heavy atom. The zero-order valence-corrected chi connectivity index (χ0v) is 16.0. The Kier molecular flexibility index (Phi) is 7.76. The number of nitrogens with zero attached hydrogens (tertiary/aromatic N) is 2. The highest BCUT2D eigenvalue weighted by Crippen LogP contribution is 2.12. The van der Waals surface area contributed by atoms with Crippen LogP contribution in [0.15, 0.2) is 42.7 Å². The molecule has 0 aliphatic heterocycles. The van der Waals surface area contributed by atoms with E-state index < -0.39 is 0 Å². The highest BCUT2D eigenvalue weighted by atomic mass is 16.5. The molecule has 0 atom stereocenters. The number of likely N-dealkylation sites (N-methyl/N-ethyl adjacent to an activating group) is 1. The number of rotatable bonds is 9. The van der Waals surface area contributed by atoms with E-state index in [4.69, 9.17) is 4.74 Å². The van der Waals surface area contributed by atoms with Crippen molar-refractivity contribution in [1.82, 2.24) is 20.5 Å². The van der Waals surface area contributed by atoms with Crippen LogP contribution in [0, 0.1) is 0 Å². The van der Waals surface area contributed by atoms with E-state index in [1.165, 1.54) is 12.4 Å². The molecule has 7 nitrogen and oxygen atoms in total. The fraction of sp³-hybridized carbons (Fsp3) is 0.350. The van der Waals surface area contributed by atoms with Crippen LogP contribution in [-0.4, -0.2) is 62.5 Å². The zero-order chi connectivity index (χ0) is 19.6. The molecule has 2 aromatic rings. The smallest absolute Gasteiger partial charge is 0.252 e. The molecule has 0 unspecified atom stereocenters. The number of nitrogens with one attached hydrogen (secondary N) is 2. The van der Waals surface area contributed by atoms with Gasteiger partial charge in [0.1, 0.15) is 5.75 Å². The molecule has 0 saturated carbocycles. The van der Waals surface area contributed by atoms with Gasteiger partial charge in [0.25, 0.3) is 11.8 Å². The first-order chi connectivity index (χ1) is 13.0. The average molecular weight is 370 g/mol. The van der Waals surface area contributed by atoms with Crippen molar-refractivity contribution in [2.24, 2.45) is 0 Å². The van der Waals surface area contributed by atoms with E-state index in [1.807, 2.05) is 43.3 Å². The number of amides is 2. The lowest BCUT2D eigenvalue weighted by Gasteiger charge is -2.11. The minimum absolute atomic E-state index is 0.240. The lowest BCUT2D eigenvalue weighted by molar-refractivity contribution is 0.0950. The van der Waals surface area contributed by atoms with Gasteiger partial charge in [-0.3, -0.25) is 14.6 Å². The first-order valence-electron chi connectivity index (χ1n) is 8.78. The predicted molar refractivity (Wildman–Crippen MR) is 104 cm³/mol. The van der Waals surface area contributed by atoms with Crippen LogP contribution >= 0.6 is 0 Å². The minimum atomic E-state index is -0.256. The number of ether oxygens (including phenoxy) is 1. The van der Waals surface area contributed by atoms with Gasteiger partial charge in [-0.25, -0.2) is 0 Å². The van der Waals surface area contributed by atoms with Crippen LogP contribution < -0.4 is 15.4 Å². The summed E-state index contributed by atoms with van der Waals surface area (Å²) in [6.07, 6.45) is 3.59. The van der Waals surface area contributed by atoms with Crippen LogP contribution in [0.25, 0.3) is 0 Å². The third-order valence-corrected chi connectivity index (χ3v) is 3.94. The summed E-state index contributed by atoms with van der Waals surface area (Å²) in [6.45, 7) is 1.75. The normalized spacial score (nSPS) is 10.5. The molecule has 0 bridgehead atoms. The Labute approximate surface area is 159 Å². The van der Waals surface area contributed by atoms with Gasteiger partial charge in [-0.15, -0.1) is 0 Å². The van der Waals surface area contributed by atoms with Crippen molar-refractivity contribution in [1.29, 1.82) is 0 Å². The maximum Gasteiger partial charge on any atom is 0.252 e. The highest BCUT2D eigenvalue weighted by Gasteiger charge is 2.11. The van der Waals surface area contributed by atoms with Crippen molar-refractivity contribution in [2.75, 3.05) is 40.8 Å². The lowest BCUT2D eigenvalue weighted by atomic mass is 10.1. The second-order valence-corrected chi connectivity index (χ2v) is 6.38. The van der Waals surface area contributed by atoms with E-state index in [0.717, 1.165) is 17.9 Å². The third kappa shape index (κ3) is 6.71. The molecular formula is C20H26N4O3. The molecule has 1 aromatic heterocycles. The Morgan fingerprint density at radius 2 is 1.70 bits per heavy atom. The predicted octanol–water partition coefficient (Wildman–Crippen LogP) is 1.35. The molecule has 1 heterocycles. The molecule has 0 fully saturated rings. The number of methoxy groups -OCH3 is 1. The molecule has 27 heavy (non-hydrogen) atoms. The monoisotopic (exact) mass is 370 g/mol. The van der Waals surface area contributed by atoms with E-state index in [2.05, 4.69) is 15.6 Å². The number of pyridine rings is 1. The molecule has 144 valence electrons. The van der Waals surface area contributed by atoms with E-state index in [9.17, 15) is 9.59 Å². The number of aromatic nitrogens is 1. The van der Waals surface area contributed by atoms with Gasteiger partial charge < -0.3 is 20.3 Å². The maximum atomic E-state index is 12.3. The minimum Gasteiger partial charge on any atom is -0.497 e. The van der Waals surface area contributed by atoms with Crippen LogP contribution in [0.3, 0.4) is 0 Å². The average Bonchev–Trinajstić information content (AvgIpc) is 2.67. The summed E-state index contributed by atoms with van der Waals surface area (Å²) in [5.74, 6) is 0.291. The number of hydrogen-bond donors (Lipinski definition) is 2. The molecule has 1 aromatic carbocycles. The molecule has 2 N–H and O–H groups in total. The van der Waals surface area contributed by atoms with Gasteiger partial charge in [0.2, 0.25) is 0 Å². The van der Waals surface area contributed by atoms with Crippen molar-refractivity contribution < 1.29 is 14.3 Å². The number of benzene rings is 1. The van der Waals surface area contributed by atoms with E-state index in [-0.39, 0.29) is 11.8 Å². The van der Waals surface area contributed by atoms with Gasteiger partial charge in [-0.05, 0) is 44.3 Å². The largest absolute Gasteiger partial charge is 0.497 e. The van der Waals surface area contributed by atoms with Crippen LogP contribution in [-0.2, 0) is 6.42 Å². The zero-order valence-electron chi connectivity index (χ0n) is 16.0. The number of carbonyl (C=O) groups is 2. The number of carbonyl (C=O) groups excluding carboxylic acids is 2. The van der Waals surface area contributed by atoms with Crippen LogP contribution in [0.2, 0.25) is 0 Å². The first-order valence-corrected chi connectivity index (χ1v) is 8.78. The summed E-state index contributed by atoms with van der Waals surface area (Å²) < 4.78 is 5.19. The topological polar surface area (TPSA) is 83.6 Å². The number of hydrogen-bond acceptors (Lipinski definition) is 5. The maximum absolute atomic E-state index is 12.3. The second-order valence-electron chi connectivity index (χ2n) is 6.38. The molecular weight excluding hydrogens is 344 g/mol. The van der Waals surface area contributed by atoms with E-state index in [1.54, 1.807) is 13.2 Å². The fourth-order valence-electron chi connectivity index (χ4n) is 2.43. The molecule has 0 aliphatic carbocycles.